The second-order valence-corrected chi connectivity index (χ2v) is 9.37. The van der Waals surface area contributed by atoms with Gasteiger partial charge < -0.3 is 10.1 Å². The molecule has 1 aliphatic rings. The Balaban J connectivity index is 1.64. The number of carbonyl (C=O) groups excluding carboxylic acids is 1. The lowest BCUT2D eigenvalue weighted by atomic mass is 10.0. The standard InChI is InChI=1S/C23H21ClN2O4S/c24-21-11-10-18(31(28,29)26-12-14-30-15-13-26)16-20(21)23(27)25-22-9-5-4-8-19(22)17-6-2-1-3-7-17/h1-11,16H,12-15H2,(H,25,27). The fourth-order valence-corrected chi connectivity index (χ4v) is 5.06. The molecule has 1 heterocycles. The van der Waals surface area contributed by atoms with Gasteiger partial charge in [-0.2, -0.15) is 4.31 Å². The number of carbonyl (C=O) groups is 1. The second kappa shape index (κ2) is 9.20. The number of morpholine rings is 1. The number of hydrogen-bond donors (Lipinski definition) is 1. The van der Waals surface area contributed by atoms with Gasteiger partial charge in [-0.1, -0.05) is 60.1 Å². The van der Waals surface area contributed by atoms with E-state index in [0.29, 0.717) is 18.9 Å². The maximum atomic E-state index is 13.0. The number of hydrogen-bond acceptors (Lipinski definition) is 4. The van der Waals surface area contributed by atoms with E-state index in [9.17, 15) is 13.2 Å². The van der Waals surface area contributed by atoms with Crippen molar-refractivity contribution in [1.82, 2.24) is 4.31 Å². The van der Waals surface area contributed by atoms with Crippen molar-refractivity contribution in [3.63, 3.8) is 0 Å². The van der Waals surface area contributed by atoms with Crippen molar-refractivity contribution in [2.45, 2.75) is 4.90 Å². The molecule has 0 unspecified atom stereocenters. The van der Waals surface area contributed by atoms with Crippen molar-refractivity contribution in [2.24, 2.45) is 0 Å². The first kappa shape index (κ1) is 21.5. The van der Waals surface area contributed by atoms with Crippen LogP contribution in [-0.4, -0.2) is 44.9 Å². The molecule has 1 N–H and O–H groups in total. The van der Waals surface area contributed by atoms with Crippen molar-refractivity contribution in [1.29, 1.82) is 0 Å². The van der Waals surface area contributed by atoms with Crippen molar-refractivity contribution in [3.8, 4) is 11.1 Å². The molecule has 0 aliphatic carbocycles. The highest BCUT2D eigenvalue weighted by molar-refractivity contribution is 7.89. The number of rotatable bonds is 5. The first-order chi connectivity index (χ1) is 15.0. The average molecular weight is 457 g/mol. The Morgan fingerprint density at radius 3 is 2.35 bits per heavy atom. The number of halogens is 1. The van der Waals surface area contributed by atoms with Crippen LogP contribution in [0.2, 0.25) is 5.02 Å². The third-order valence-electron chi connectivity index (χ3n) is 5.05. The van der Waals surface area contributed by atoms with Gasteiger partial charge in [0.05, 0.1) is 28.7 Å². The summed E-state index contributed by atoms with van der Waals surface area (Å²) in [6.07, 6.45) is 0. The molecule has 0 bridgehead atoms. The molecule has 0 atom stereocenters. The fourth-order valence-electron chi connectivity index (χ4n) is 3.43. The third-order valence-corrected chi connectivity index (χ3v) is 7.27. The molecule has 0 aromatic heterocycles. The predicted molar refractivity (Wildman–Crippen MR) is 121 cm³/mol. The van der Waals surface area contributed by atoms with Gasteiger partial charge in [0, 0.05) is 24.3 Å². The number of nitrogens with one attached hydrogen (secondary N) is 1. The van der Waals surface area contributed by atoms with Crippen LogP contribution in [0.5, 0.6) is 0 Å². The minimum atomic E-state index is -3.74. The lowest BCUT2D eigenvalue weighted by molar-refractivity contribution is 0.0730. The van der Waals surface area contributed by atoms with Gasteiger partial charge in [0.15, 0.2) is 0 Å². The Morgan fingerprint density at radius 2 is 1.61 bits per heavy atom. The van der Waals surface area contributed by atoms with Gasteiger partial charge in [-0.25, -0.2) is 8.42 Å². The van der Waals surface area contributed by atoms with E-state index < -0.39 is 15.9 Å². The summed E-state index contributed by atoms with van der Waals surface area (Å²) in [6, 6.07) is 21.3. The smallest absolute Gasteiger partial charge is 0.257 e. The Hall–Kier alpha value is -2.71. The summed E-state index contributed by atoms with van der Waals surface area (Å²) in [5.41, 5.74) is 2.51. The molecule has 3 aromatic carbocycles. The van der Waals surface area contributed by atoms with Crippen LogP contribution < -0.4 is 5.32 Å². The summed E-state index contributed by atoms with van der Waals surface area (Å²) < 4.78 is 32.5. The monoisotopic (exact) mass is 456 g/mol. The lowest BCUT2D eigenvalue weighted by Gasteiger charge is -2.26. The van der Waals surface area contributed by atoms with Crippen LogP contribution in [0.4, 0.5) is 5.69 Å². The molecule has 31 heavy (non-hydrogen) atoms. The number of benzene rings is 3. The zero-order valence-electron chi connectivity index (χ0n) is 16.6. The third kappa shape index (κ3) is 4.65. The van der Waals surface area contributed by atoms with Crippen LogP contribution in [-0.2, 0) is 14.8 Å². The van der Waals surface area contributed by atoms with E-state index in [1.165, 1.54) is 22.5 Å². The minimum Gasteiger partial charge on any atom is -0.379 e. The molecule has 0 radical (unpaired) electrons. The first-order valence-electron chi connectivity index (χ1n) is 9.80. The van der Waals surface area contributed by atoms with E-state index in [1.807, 2.05) is 48.5 Å². The minimum absolute atomic E-state index is 0.0281. The number of ether oxygens (including phenoxy) is 1. The molecule has 160 valence electrons. The number of para-hydroxylation sites is 1. The van der Waals surface area contributed by atoms with Crippen LogP contribution in [0.3, 0.4) is 0 Å². The topological polar surface area (TPSA) is 75.7 Å². The van der Waals surface area contributed by atoms with Crippen molar-refractivity contribution >= 4 is 33.2 Å². The van der Waals surface area contributed by atoms with Gasteiger partial charge in [-0.05, 0) is 29.8 Å². The van der Waals surface area contributed by atoms with E-state index >= 15 is 0 Å². The van der Waals surface area contributed by atoms with Crippen molar-refractivity contribution in [2.75, 3.05) is 31.6 Å². The molecule has 0 spiro atoms. The number of anilines is 1. The quantitative estimate of drug-likeness (QED) is 0.621. The van der Waals surface area contributed by atoms with Gasteiger partial charge in [0.25, 0.3) is 5.91 Å². The number of nitrogens with zero attached hydrogens (tertiary/aromatic N) is 1. The molecule has 0 saturated carbocycles. The summed E-state index contributed by atoms with van der Waals surface area (Å²) >= 11 is 6.26. The number of amides is 1. The van der Waals surface area contributed by atoms with E-state index in [0.717, 1.165) is 11.1 Å². The van der Waals surface area contributed by atoms with Gasteiger partial charge in [0.1, 0.15) is 0 Å². The zero-order chi connectivity index (χ0) is 21.8. The van der Waals surface area contributed by atoms with Gasteiger partial charge >= 0.3 is 0 Å². The molecule has 4 rings (SSSR count). The Bertz CT molecular complexity index is 1190. The Labute approximate surface area is 186 Å². The summed E-state index contributed by atoms with van der Waals surface area (Å²) in [4.78, 5) is 13.1. The highest BCUT2D eigenvalue weighted by atomic mass is 35.5. The van der Waals surface area contributed by atoms with E-state index in [2.05, 4.69) is 5.32 Å². The largest absolute Gasteiger partial charge is 0.379 e. The normalized spacial score (nSPS) is 14.9. The predicted octanol–water partition coefficient (Wildman–Crippen LogP) is 4.28. The molecule has 6 nitrogen and oxygen atoms in total. The molecule has 1 amide bonds. The van der Waals surface area contributed by atoms with Gasteiger partial charge in [-0.3, -0.25) is 4.79 Å². The SMILES string of the molecule is O=C(Nc1ccccc1-c1ccccc1)c1cc(S(=O)(=O)N2CCOCC2)ccc1Cl. The lowest BCUT2D eigenvalue weighted by Crippen LogP contribution is -2.40. The fraction of sp³-hybridized carbons (Fsp3) is 0.174. The highest BCUT2D eigenvalue weighted by Gasteiger charge is 2.27. The van der Waals surface area contributed by atoms with Gasteiger partial charge in [0.2, 0.25) is 10.0 Å². The second-order valence-electron chi connectivity index (χ2n) is 7.02. The Kier molecular flexibility index (Phi) is 6.38. The van der Waals surface area contributed by atoms with Crippen LogP contribution in [0.25, 0.3) is 11.1 Å². The summed E-state index contributed by atoms with van der Waals surface area (Å²) in [5.74, 6) is -0.479. The summed E-state index contributed by atoms with van der Waals surface area (Å²) in [6.45, 7) is 1.24. The molecule has 8 heteroatoms. The van der Waals surface area contributed by atoms with E-state index in [1.54, 1.807) is 6.07 Å². The first-order valence-corrected chi connectivity index (χ1v) is 11.6. The molecule has 1 fully saturated rings. The molecular formula is C23H21ClN2O4S. The zero-order valence-corrected chi connectivity index (χ0v) is 18.2. The highest BCUT2D eigenvalue weighted by Crippen LogP contribution is 2.29. The van der Waals surface area contributed by atoms with Crippen molar-refractivity contribution < 1.29 is 17.9 Å². The van der Waals surface area contributed by atoms with Crippen LogP contribution >= 0.6 is 11.6 Å². The maximum Gasteiger partial charge on any atom is 0.257 e. The maximum absolute atomic E-state index is 13.0. The molecule has 3 aromatic rings. The summed E-state index contributed by atoms with van der Waals surface area (Å²) in [7, 11) is -3.74. The Morgan fingerprint density at radius 1 is 0.935 bits per heavy atom. The molecule has 1 saturated heterocycles. The van der Waals surface area contributed by atoms with Gasteiger partial charge in [-0.15, -0.1) is 0 Å². The van der Waals surface area contributed by atoms with E-state index in [4.69, 9.17) is 16.3 Å². The van der Waals surface area contributed by atoms with Crippen molar-refractivity contribution in [3.05, 3.63) is 83.4 Å². The summed E-state index contributed by atoms with van der Waals surface area (Å²) in [5, 5.41) is 3.05. The molecule has 1 aliphatic heterocycles. The average Bonchev–Trinajstić information content (AvgIpc) is 2.80. The molecular weight excluding hydrogens is 436 g/mol. The van der Waals surface area contributed by atoms with Crippen LogP contribution in [0.1, 0.15) is 10.4 Å². The number of sulfonamides is 1. The van der Waals surface area contributed by atoms with Crippen LogP contribution in [0, 0.1) is 0 Å². The van der Waals surface area contributed by atoms with E-state index in [-0.39, 0.29) is 28.6 Å². The van der Waals surface area contributed by atoms with Crippen LogP contribution in [0.15, 0.2) is 77.7 Å².